The minimum atomic E-state index is 0.452. The molecule has 2 aromatic rings. The van der Waals surface area contributed by atoms with Crippen LogP contribution in [0.3, 0.4) is 0 Å². The molecule has 0 unspecified atom stereocenters. The van der Waals surface area contributed by atoms with Crippen molar-refractivity contribution in [2.75, 3.05) is 36.1 Å². The van der Waals surface area contributed by atoms with Gasteiger partial charge in [0.2, 0.25) is 0 Å². The number of hydrogen-bond acceptors (Lipinski definition) is 7. The van der Waals surface area contributed by atoms with Crippen LogP contribution in [0.25, 0.3) is 0 Å². The van der Waals surface area contributed by atoms with Gasteiger partial charge in [-0.3, -0.25) is 0 Å². The van der Waals surface area contributed by atoms with Crippen molar-refractivity contribution >= 4 is 23.0 Å². The average Bonchev–Trinajstić information content (AvgIpc) is 2.88. The minimum absolute atomic E-state index is 0.452. The normalized spacial score (nSPS) is 10.9. The van der Waals surface area contributed by atoms with Crippen LogP contribution < -0.4 is 22.9 Å². The third-order valence-electron chi connectivity index (χ3n) is 2.71. The third-order valence-corrected chi connectivity index (χ3v) is 2.71. The molecule has 9 heteroatoms. The molecule has 0 atom stereocenters. The molecular weight excluding hydrogens is 248 g/mol. The maximum Gasteiger partial charge on any atom is 0.145 e. The second-order valence-corrected chi connectivity index (χ2v) is 4.03. The van der Waals surface area contributed by atoms with Crippen molar-refractivity contribution in [1.82, 2.24) is 19.6 Å². The Hall–Kier alpha value is -2.42. The molecule has 0 saturated heterocycles. The van der Waals surface area contributed by atoms with Crippen LogP contribution >= 0.6 is 0 Å². The summed E-state index contributed by atoms with van der Waals surface area (Å²) >= 11 is 0. The molecule has 0 amide bonds. The standard InChI is InChI=1S/C10H18N8O/c11-7-5-15-17(9(7)13)1-3-19-4-2-18-10(14)8(12)6-16-18/h5-6H,1-4,11-14H2. The first-order valence-electron chi connectivity index (χ1n) is 5.81. The summed E-state index contributed by atoms with van der Waals surface area (Å²) in [6, 6.07) is 0. The first kappa shape index (κ1) is 13.0. The van der Waals surface area contributed by atoms with Crippen LogP contribution in [0.5, 0.6) is 0 Å². The van der Waals surface area contributed by atoms with E-state index in [9.17, 15) is 0 Å². The third kappa shape index (κ3) is 2.88. The minimum Gasteiger partial charge on any atom is -0.394 e. The molecule has 0 aromatic carbocycles. The smallest absolute Gasteiger partial charge is 0.145 e. The first-order valence-corrected chi connectivity index (χ1v) is 5.81. The summed E-state index contributed by atoms with van der Waals surface area (Å²) in [6.07, 6.45) is 3.03. The molecule has 2 rings (SSSR count). The highest BCUT2D eigenvalue weighted by Gasteiger charge is 2.04. The summed E-state index contributed by atoms with van der Waals surface area (Å²) in [6.45, 7) is 2.03. The summed E-state index contributed by atoms with van der Waals surface area (Å²) in [5.74, 6) is 0.903. The van der Waals surface area contributed by atoms with E-state index in [0.717, 1.165) is 0 Å². The van der Waals surface area contributed by atoms with E-state index >= 15 is 0 Å². The average molecular weight is 266 g/mol. The number of aromatic nitrogens is 4. The molecule has 0 aliphatic carbocycles. The molecule has 104 valence electrons. The van der Waals surface area contributed by atoms with Gasteiger partial charge in [0.05, 0.1) is 50.1 Å². The molecule has 19 heavy (non-hydrogen) atoms. The van der Waals surface area contributed by atoms with Crippen LogP contribution in [-0.4, -0.2) is 32.8 Å². The molecule has 0 radical (unpaired) electrons. The molecule has 0 spiro atoms. The van der Waals surface area contributed by atoms with E-state index in [0.29, 0.717) is 49.3 Å². The van der Waals surface area contributed by atoms with Gasteiger partial charge in [0.25, 0.3) is 0 Å². The summed E-state index contributed by atoms with van der Waals surface area (Å²) in [4.78, 5) is 0. The molecule has 0 bridgehead atoms. The maximum absolute atomic E-state index is 5.71. The molecule has 0 aliphatic rings. The van der Waals surface area contributed by atoms with E-state index in [1.54, 1.807) is 9.36 Å². The number of rotatable bonds is 6. The molecule has 8 N–H and O–H groups in total. The molecule has 0 saturated carbocycles. The fourth-order valence-corrected chi connectivity index (χ4v) is 1.58. The van der Waals surface area contributed by atoms with Crippen LogP contribution in [0.2, 0.25) is 0 Å². The lowest BCUT2D eigenvalue weighted by molar-refractivity contribution is 0.115. The molecule has 0 aliphatic heterocycles. The number of nitrogen functional groups attached to an aromatic ring is 4. The van der Waals surface area contributed by atoms with Gasteiger partial charge in [0, 0.05) is 0 Å². The van der Waals surface area contributed by atoms with Gasteiger partial charge >= 0.3 is 0 Å². The topological polar surface area (TPSA) is 149 Å². The highest BCUT2D eigenvalue weighted by molar-refractivity contribution is 5.57. The van der Waals surface area contributed by atoms with E-state index in [1.807, 2.05) is 0 Å². The van der Waals surface area contributed by atoms with Crippen LogP contribution in [0.1, 0.15) is 0 Å². The lowest BCUT2D eigenvalue weighted by Gasteiger charge is -2.07. The van der Waals surface area contributed by atoms with Gasteiger partial charge in [-0.05, 0) is 0 Å². The SMILES string of the molecule is Nc1cnn(CCOCCn2ncc(N)c2N)c1N. The number of nitrogens with two attached hydrogens (primary N) is 4. The van der Waals surface area contributed by atoms with Crippen molar-refractivity contribution in [1.29, 1.82) is 0 Å². The molecule has 2 heterocycles. The Kier molecular flexibility index (Phi) is 3.76. The van der Waals surface area contributed by atoms with E-state index in [2.05, 4.69) is 10.2 Å². The predicted octanol–water partition coefficient (Wildman–Crippen LogP) is -0.875. The Morgan fingerprint density at radius 1 is 0.842 bits per heavy atom. The summed E-state index contributed by atoms with van der Waals surface area (Å²) in [5, 5.41) is 8.04. The van der Waals surface area contributed by atoms with Crippen molar-refractivity contribution in [3.05, 3.63) is 12.4 Å². The fraction of sp³-hybridized carbons (Fsp3) is 0.400. The van der Waals surface area contributed by atoms with Gasteiger partial charge < -0.3 is 27.7 Å². The van der Waals surface area contributed by atoms with Crippen molar-refractivity contribution in [3.8, 4) is 0 Å². The lowest BCUT2D eigenvalue weighted by Crippen LogP contribution is -2.14. The van der Waals surface area contributed by atoms with Gasteiger partial charge in [-0.25, -0.2) is 9.36 Å². The largest absolute Gasteiger partial charge is 0.394 e. The summed E-state index contributed by atoms with van der Waals surface area (Å²) in [5.41, 5.74) is 23.5. The lowest BCUT2D eigenvalue weighted by atomic mass is 10.5. The van der Waals surface area contributed by atoms with Crippen LogP contribution in [0.4, 0.5) is 23.0 Å². The highest BCUT2D eigenvalue weighted by atomic mass is 16.5. The van der Waals surface area contributed by atoms with Crippen molar-refractivity contribution in [2.24, 2.45) is 0 Å². The predicted molar refractivity (Wildman–Crippen MR) is 72.9 cm³/mol. The van der Waals surface area contributed by atoms with Gasteiger partial charge in [-0.15, -0.1) is 0 Å². The van der Waals surface area contributed by atoms with Gasteiger partial charge in [-0.2, -0.15) is 10.2 Å². The molecular formula is C10H18N8O. The second-order valence-electron chi connectivity index (χ2n) is 4.03. The quantitative estimate of drug-likeness (QED) is 0.496. The zero-order chi connectivity index (χ0) is 13.8. The molecule has 0 fully saturated rings. The van der Waals surface area contributed by atoms with E-state index in [1.165, 1.54) is 12.4 Å². The number of hydrogen-bond donors (Lipinski definition) is 4. The van der Waals surface area contributed by atoms with E-state index in [4.69, 9.17) is 27.7 Å². The summed E-state index contributed by atoms with van der Waals surface area (Å²) in [7, 11) is 0. The zero-order valence-corrected chi connectivity index (χ0v) is 10.5. The number of anilines is 4. The Morgan fingerprint density at radius 2 is 1.26 bits per heavy atom. The Labute approximate surface area is 110 Å². The second kappa shape index (κ2) is 5.48. The van der Waals surface area contributed by atoms with Gasteiger partial charge in [0.15, 0.2) is 0 Å². The number of ether oxygens (including phenoxy) is 1. The van der Waals surface area contributed by atoms with Crippen LogP contribution in [0.15, 0.2) is 12.4 Å². The maximum atomic E-state index is 5.71. The monoisotopic (exact) mass is 266 g/mol. The van der Waals surface area contributed by atoms with Gasteiger partial charge in [0.1, 0.15) is 11.6 Å². The van der Waals surface area contributed by atoms with Crippen LogP contribution in [-0.2, 0) is 17.8 Å². The summed E-state index contributed by atoms with van der Waals surface area (Å²) < 4.78 is 8.64. The van der Waals surface area contributed by atoms with Crippen molar-refractivity contribution in [3.63, 3.8) is 0 Å². The Morgan fingerprint density at radius 3 is 1.58 bits per heavy atom. The van der Waals surface area contributed by atoms with Gasteiger partial charge in [-0.1, -0.05) is 0 Å². The Bertz CT molecular complexity index is 497. The van der Waals surface area contributed by atoms with E-state index in [-0.39, 0.29) is 0 Å². The van der Waals surface area contributed by atoms with E-state index < -0.39 is 0 Å². The Balaban J connectivity index is 1.70. The first-order chi connectivity index (χ1) is 9.09. The fourth-order valence-electron chi connectivity index (χ4n) is 1.58. The number of nitrogens with zero attached hydrogens (tertiary/aromatic N) is 4. The van der Waals surface area contributed by atoms with Crippen molar-refractivity contribution < 1.29 is 4.74 Å². The van der Waals surface area contributed by atoms with Crippen LogP contribution in [0, 0.1) is 0 Å². The molecule has 2 aromatic heterocycles. The highest BCUT2D eigenvalue weighted by Crippen LogP contribution is 2.12. The van der Waals surface area contributed by atoms with Crippen molar-refractivity contribution in [2.45, 2.75) is 13.1 Å². The zero-order valence-electron chi connectivity index (χ0n) is 10.5. The molecule has 9 nitrogen and oxygen atoms in total.